The summed E-state index contributed by atoms with van der Waals surface area (Å²) in [6.07, 6.45) is 6.29. The Labute approximate surface area is 140 Å². The third-order valence-electron chi connectivity index (χ3n) is 5.79. The van der Waals surface area contributed by atoms with E-state index in [0.29, 0.717) is 24.7 Å². The highest BCUT2D eigenvalue weighted by molar-refractivity contribution is 5.83. The summed E-state index contributed by atoms with van der Waals surface area (Å²) in [7, 11) is 0. The number of alkyl halides is 1. The monoisotopic (exact) mass is 327 g/mol. The Morgan fingerprint density at radius 1 is 0.957 bits per heavy atom. The Kier molecular flexibility index (Phi) is 7.97. The molecule has 2 saturated carbocycles. The first-order chi connectivity index (χ1) is 11.1. The van der Waals surface area contributed by atoms with Gasteiger partial charge in [-0.3, -0.25) is 4.79 Å². The summed E-state index contributed by atoms with van der Waals surface area (Å²) < 4.78 is 19.2. The lowest BCUT2D eigenvalue weighted by atomic mass is 9.76. The number of Topliss-reactive ketones (excluding diaryl/α,β-unsaturated/α-hetero) is 1. The van der Waals surface area contributed by atoms with Crippen LogP contribution >= 0.6 is 0 Å². The molecule has 0 spiro atoms. The van der Waals surface area contributed by atoms with Crippen molar-refractivity contribution < 1.29 is 13.9 Å². The molecule has 0 amide bonds. The van der Waals surface area contributed by atoms with Crippen LogP contribution in [0.3, 0.4) is 0 Å². The van der Waals surface area contributed by atoms with Gasteiger partial charge in [0.05, 0.1) is 12.7 Å². The number of halogens is 1. The van der Waals surface area contributed by atoms with E-state index in [1.54, 1.807) is 0 Å². The third kappa shape index (κ3) is 5.82. The first kappa shape index (κ1) is 18.9. The molecular formula is C19H34FNO2. The van der Waals surface area contributed by atoms with Crippen molar-refractivity contribution in [2.45, 2.75) is 77.5 Å². The molecule has 0 aromatic carbocycles. The van der Waals surface area contributed by atoms with Crippen molar-refractivity contribution in [3.63, 3.8) is 0 Å². The standard InChI is InChI=1S/C19H34FNO2/c1-3-21(4-2)13-14-23-18-11-7-16(8-12-18)19(22)15-5-9-17(20)10-6-15/h15-18H,3-14H2,1-2H3. The smallest absolute Gasteiger partial charge is 0.139 e. The summed E-state index contributed by atoms with van der Waals surface area (Å²) in [5.74, 6) is 0.754. The topological polar surface area (TPSA) is 29.5 Å². The van der Waals surface area contributed by atoms with Crippen molar-refractivity contribution in [2.24, 2.45) is 11.8 Å². The van der Waals surface area contributed by atoms with E-state index in [1.165, 1.54) is 0 Å². The zero-order valence-corrected chi connectivity index (χ0v) is 14.9. The molecule has 3 nitrogen and oxygen atoms in total. The van der Waals surface area contributed by atoms with E-state index in [9.17, 15) is 9.18 Å². The van der Waals surface area contributed by atoms with E-state index in [2.05, 4.69) is 18.7 Å². The van der Waals surface area contributed by atoms with Crippen LogP contribution in [0.1, 0.15) is 65.2 Å². The van der Waals surface area contributed by atoms with Gasteiger partial charge >= 0.3 is 0 Å². The van der Waals surface area contributed by atoms with Crippen LogP contribution in [-0.2, 0) is 9.53 Å². The van der Waals surface area contributed by atoms with Crippen molar-refractivity contribution in [3.05, 3.63) is 0 Å². The van der Waals surface area contributed by atoms with Gasteiger partial charge in [-0.1, -0.05) is 13.8 Å². The van der Waals surface area contributed by atoms with Crippen molar-refractivity contribution >= 4 is 5.78 Å². The molecule has 0 aromatic heterocycles. The molecule has 2 aliphatic rings. The maximum atomic E-state index is 13.2. The predicted molar refractivity (Wildman–Crippen MR) is 91.3 cm³/mol. The van der Waals surface area contributed by atoms with Crippen LogP contribution in [0.2, 0.25) is 0 Å². The Balaban J connectivity index is 1.64. The zero-order valence-electron chi connectivity index (χ0n) is 14.9. The summed E-state index contributed by atoms with van der Waals surface area (Å²) in [5, 5.41) is 0. The third-order valence-corrected chi connectivity index (χ3v) is 5.79. The maximum Gasteiger partial charge on any atom is 0.139 e. The van der Waals surface area contributed by atoms with E-state index in [0.717, 1.165) is 64.8 Å². The maximum absolute atomic E-state index is 13.2. The average molecular weight is 327 g/mol. The minimum absolute atomic E-state index is 0.132. The quantitative estimate of drug-likeness (QED) is 0.675. The summed E-state index contributed by atoms with van der Waals surface area (Å²) in [6, 6.07) is 0. The normalized spacial score (nSPS) is 32.2. The molecule has 2 fully saturated rings. The second-order valence-electron chi connectivity index (χ2n) is 7.22. The summed E-state index contributed by atoms with van der Waals surface area (Å²) in [4.78, 5) is 14.9. The molecule has 0 aliphatic heterocycles. The van der Waals surface area contributed by atoms with E-state index < -0.39 is 6.17 Å². The minimum atomic E-state index is -0.672. The van der Waals surface area contributed by atoms with Crippen LogP contribution in [0.5, 0.6) is 0 Å². The van der Waals surface area contributed by atoms with Crippen LogP contribution in [-0.4, -0.2) is 49.2 Å². The van der Waals surface area contributed by atoms with Gasteiger partial charge in [0.2, 0.25) is 0 Å². The van der Waals surface area contributed by atoms with Crippen LogP contribution in [0.15, 0.2) is 0 Å². The van der Waals surface area contributed by atoms with Gasteiger partial charge in [-0.25, -0.2) is 4.39 Å². The molecule has 0 unspecified atom stereocenters. The second kappa shape index (κ2) is 9.73. The lowest BCUT2D eigenvalue weighted by Gasteiger charge is -2.32. The fourth-order valence-corrected chi connectivity index (χ4v) is 4.07. The number of carbonyl (C=O) groups excluding carboxylic acids is 1. The van der Waals surface area contributed by atoms with Crippen LogP contribution < -0.4 is 0 Å². The molecule has 0 bridgehead atoms. The van der Waals surface area contributed by atoms with E-state index >= 15 is 0 Å². The molecule has 134 valence electrons. The molecule has 0 saturated heterocycles. The fourth-order valence-electron chi connectivity index (χ4n) is 4.07. The SMILES string of the molecule is CCN(CC)CCOC1CCC(C(=O)C2CCC(F)CC2)CC1. The number of hydrogen-bond acceptors (Lipinski definition) is 3. The Morgan fingerprint density at radius 3 is 2.00 bits per heavy atom. The number of hydrogen-bond donors (Lipinski definition) is 0. The van der Waals surface area contributed by atoms with Gasteiger partial charge in [0, 0.05) is 18.4 Å². The minimum Gasteiger partial charge on any atom is -0.377 e. The van der Waals surface area contributed by atoms with Gasteiger partial charge < -0.3 is 9.64 Å². The van der Waals surface area contributed by atoms with E-state index in [-0.39, 0.29) is 11.8 Å². The van der Waals surface area contributed by atoms with Gasteiger partial charge in [-0.2, -0.15) is 0 Å². The van der Waals surface area contributed by atoms with Crippen molar-refractivity contribution in [3.8, 4) is 0 Å². The Hall–Kier alpha value is -0.480. The van der Waals surface area contributed by atoms with Crippen molar-refractivity contribution in [2.75, 3.05) is 26.2 Å². The zero-order chi connectivity index (χ0) is 16.7. The number of carbonyl (C=O) groups is 1. The first-order valence-corrected chi connectivity index (χ1v) is 9.65. The molecule has 0 heterocycles. The molecule has 0 N–H and O–H groups in total. The lowest BCUT2D eigenvalue weighted by molar-refractivity contribution is -0.130. The van der Waals surface area contributed by atoms with Gasteiger partial charge in [-0.15, -0.1) is 0 Å². The number of rotatable bonds is 8. The van der Waals surface area contributed by atoms with Crippen LogP contribution in [0, 0.1) is 11.8 Å². The molecule has 0 aromatic rings. The average Bonchev–Trinajstić information content (AvgIpc) is 2.59. The molecule has 2 rings (SSSR count). The molecule has 4 heteroatoms. The largest absolute Gasteiger partial charge is 0.377 e. The van der Waals surface area contributed by atoms with Crippen LogP contribution in [0.4, 0.5) is 4.39 Å². The Morgan fingerprint density at radius 2 is 1.48 bits per heavy atom. The van der Waals surface area contributed by atoms with Crippen LogP contribution in [0.25, 0.3) is 0 Å². The molecule has 2 aliphatic carbocycles. The number of ether oxygens (including phenoxy) is 1. The van der Waals surface area contributed by atoms with Crippen molar-refractivity contribution in [1.29, 1.82) is 0 Å². The highest BCUT2D eigenvalue weighted by Gasteiger charge is 2.33. The summed E-state index contributed by atoms with van der Waals surface area (Å²) >= 11 is 0. The van der Waals surface area contributed by atoms with Gasteiger partial charge in [-0.05, 0) is 64.5 Å². The fraction of sp³-hybridized carbons (Fsp3) is 0.947. The second-order valence-corrected chi connectivity index (χ2v) is 7.22. The Bertz CT molecular complexity index is 343. The highest BCUT2D eigenvalue weighted by atomic mass is 19.1. The van der Waals surface area contributed by atoms with Gasteiger partial charge in [0.25, 0.3) is 0 Å². The molecular weight excluding hydrogens is 293 g/mol. The molecule has 0 atom stereocenters. The molecule has 23 heavy (non-hydrogen) atoms. The number of nitrogens with zero attached hydrogens (tertiary/aromatic N) is 1. The summed E-state index contributed by atoms with van der Waals surface area (Å²) in [5.41, 5.74) is 0. The van der Waals surface area contributed by atoms with Gasteiger partial charge in [0.1, 0.15) is 12.0 Å². The molecule has 0 radical (unpaired) electrons. The first-order valence-electron chi connectivity index (χ1n) is 9.65. The number of ketones is 1. The predicted octanol–water partition coefficient (Wildman–Crippen LogP) is 4.00. The number of likely N-dealkylation sites (N-methyl/N-ethyl adjacent to an activating group) is 1. The van der Waals surface area contributed by atoms with Crippen molar-refractivity contribution in [1.82, 2.24) is 4.90 Å². The lowest BCUT2D eigenvalue weighted by Crippen LogP contribution is -2.33. The van der Waals surface area contributed by atoms with Gasteiger partial charge in [0.15, 0.2) is 0 Å². The van der Waals surface area contributed by atoms with E-state index in [4.69, 9.17) is 4.74 Å². The summed E-state index contributed by atoms with van der Waals surface area (Å²) in [6.45, 7) is 8.29. The highest BCUT2D eigenvalue weighted by Crippen LogP contribution is 2.34. The van der Waals surface area contributed by atoms with E-state index in [1.807, 2.05) is 0 Å².